The van der Waals surface area contributed by atoms with Gasteiger partial charge in [-0.1, -0.05) is 5.16 Å². The zero-order valence-corrected chi connectivity index (χ0v) is 20.0. The topological polar surface area (TPSA) is 186 Å². The molecule has 2 unspecified atom stereocenters. The third-order valence-corrected chi connectivity index (χ3v) is 6.81. The number of hydroxylamine groups is 2. The summed E-state index contributed by atoms with van der Waals surface area (Å²) in [5.74, 6) is -5.05. The molecule has 2 aliphatic heterocycles. The zero-order valence-electron chi connectivity index (χ0n) is 17.7. The van der Waals surface area contributed by atoms with Crippen molar-refractivity contribution in [3.8, 4) is 0 Å². The van der Waals surface area contributed by atoms with Gasteiger partial charge in [-0.2, -0.15) is 5.06 Å². The maximum Gasteiger partial charge on any atom is 0.372 e. The van der Waals surface area contributed by atoms with Crippen molar-refractivity contribution in [2.75, 3.05) is 31.2 Å². The van der Waals surface area contributed by atoms with Gasteiger partial charge in [0.2, 0.25) is 5.91 Å². The molecule has 14 nitrogen and oxygen atoms in total. The molecule has 2 aliphatic rings. The molecule has 0 bridgehead atoms. The molecule has 3 amide bonds. The Labute approximate surface area is 204 Å². The minimum Gasteiger partial charge on any atom is -0.477 e. The van der Waals surface area contributed by atoms with Crippen LogP contribution in [-0.2, 0) is 38.4 Å². The van der Waals surface area contributed by atoms with Crippen molar-refractivity contribution in [3.05, 3.63) is 11.1 Å². The Morgan fingerprint density at radius 1 is 1.44 bits per heavy atom. The fraction of sp³-hybridized carbons (Fsp3) is 0.471. The van der Waals surface area contributed by atoms with Gasteiger partial charge in [-0.25, -0.2) is 9.78 Å². The van der Waals surface area contributed by atoms with Crippen molar-refractivity contribution in [1.29, 1.82) is 0 Å². The summed E-state index contributed by atoms with van der Waals surface area (Å²) in [6, 6.07) is 0. The van der Waals surface area contributed by atoms with E-state index in [1.165, 1.54) is 18.7 Å². The van der Waals surface area contributed by atoms with Crippen molar-refractivity contribution in [2.24, 2.45) is 5.16 Å². The maximum atomic E-state index is 13.2. The molecule has 0 aromatic carbocycles. The van der Waals surface area contributed by atoms with E-state index >= 15 is 0 Å². The Hall–Kier alpha value is -2.95. The number of halogens is 1. The number of anilines is 1. The third kappa shape index (κ3) is 4.66. The molecule has 0 radical (unpaired) electrons. The molecule has 184 valence electrons. The van der Waals surface area contributed by atoms with Crippen LogP contribution in [0.15, 0.2) is 10.5 Å². The van der Waals surface area contributed by atoms with E-state index in [0.29, 0.717) is 5.06 Å². The van der Waals surface area contributed by atoms with Gasteiger partial charge in [-0.15, -0.1) is 34.7 Å². The smallest absolute Gasteiger partial charge is 0.372 e. The lowest BCUT2D eigenvalue weighted by Gasteiger charge is -2.32. The van der Waals surface area contributed by atoms with Crippen LogP contribution in [0.2, 0.25) is 0 Å². The van der Waals surface area contributed by atoms with E-state index in [1.807, 2.05) is 0 Å². The number of nitrogens with one attached hydrogen (secondary N) is 2. The fourth-order valence-corrected chi connectivity index (χ4v) is 4.47. The van der Waals surface area contributed by atoms with Crippen LogP contribution in [0.25, 0.3) is 0 Å². The van der Waals surface area contributed by atoms with E-state index in [4.69, 9.17) is 26.0 Å². The first-order valence-electron chi connectivity index (χ1n) is 9.35. The molecule has 0 saturated carbocycles. The van der Waals surface area contributed by atoms with E-state index in [-0.39, 0.29) is 35.3 Å². The van der Waals surface area contributed by atoms with Crippen LogP contribution >= 0.6 is 34.7 Å². The number of rotatable bonds is 9. The number of esters is 1. The highest BCUT2D eigenvalue weighted by atomic mass is 35.5. The number of thioether (sulfide) groups is 1. The van der Waals surface area contributed by atoms with Crippen LogP contribution in [-0.4, -0.2) is 87.0 Å². The molecule has 3 N–H and O–H groups in total. The second kappa shape index (κ2) is 10.1. The van der Waals surface area contributed by atoms with Gasteiger partial charge < -0.3 is 25.3 Å². The Morgan fingerprint density at radius 2 is 2.18 bits per heavy atom. The highest BCUT2D eigenvalue weighted by molar-refractivity contribution is 8.00. The summed E-state index contributed by atoms with van der Waals surface area (Å²) in [4.78, 5) is 73.6. The molecule has 3 heterocycles. The first-order chi connectivity index (χ1) is 16.1. The van der Waals surface area contributed by atoms with Crippen LogP contribution in [0.1, 0.15) is 18.5 Å². The van der Waals surface area contributed by atoms with E-state index in [9.17, 15) is 29.1 Å². The molecule has 2 saturated heterocycles. The Morgan fingerprint density at radius 3 is 2.74 bits per heavy atom. The maximum absolute atomic E-state index is 13.2. The van der Waals surface area contributed by atoms with Crippen LogP contribution in [0, 0.1) is 0 Å². The van der Waals surface area contributed by atoms with Gasteiger partial charge in [0, 0.05) is 11.8 Å². The summed E-state index contributed by atoms with van der Waals surface area (Å²) >= 11 is 7.32. The molecule has 17 heteroatoms. The zero-order chi connectivity index (χ0) is 25.1. The summed E-state index contributed by atoms with van der Waals surface area (Å²) in [5, 5.41) is 20.2. The number of carboxylic acid groups (broad SMARTS) is 1. The van der Waals surface area contributed by atoms with Gasteiger partial charge in [-0.05, 0) is 6.26 Å². The molecule has 0 aliphatic carbocycles. The number of carbonyl (C=O) groups is 5. The van der Waals surface area contributed by atoms with Gasteiger partial charge >= 0.3 is 17.7 Å². The molecule has 3 rings (SSSR count). The number of hydrogen-bond donors (Lipinski definition) is 3. The van der Waals surface area contributed by atoms with Crippen LogP contribution in [0.4, 0.5) is 5.13 Å². The van der Waals surface area contributed by atoms with Crippen LogP contribution < -0.4 is 10.6 Å². The number of nitrogens with zero attached hydrogens (tertiary/aromatic N) is 3. The van der Waals surface area contributed by atoms with Gasteiger partial charge in [-0.3, -0.25) is 24.0 Å². The quantitative estimate of drug-likeness (QED) is 0.124. The van der Waals surface area contributed by atoms with E-state index < -0.39 is 46.9 Å². The molecule has 34 heavy (non-hydrogen) atoms. The Bertz CT molecular complexity index is 1070. The predicted octanol–water partition coefficient (Wildman–Crippen LogP) is -0.262. The molecule has 0 spiro atoms. The monoisotopic (exact) mass is 535 g/mol. The van der Waals surface area contributed by atoms with Gasteiger partial charge in [0.1, 0.15) is 25.3 Å². The second-order valence-corrected chi connectivity index (χ2v) is 8.99. The summed E-state index contributed by atoms with van der Waals surface area (Å²) in [5.41, 5.74) is -2.64. The van der Waals surface area contributed by atoms with Crippen LogP contribution in [0.3, 0.4) is 0 Å². The number of ether oxygens (including phenoxy) is 1. The highest BCUT2D eigenvalue weighted by Gasteiger charge is 2.63. The fourth-order valence-electron chi connectivity index (χ4n) is 3.07. The van der Waals surface area contributed by atoms with Gasteiger partial charge in [0.15, 0.2) is 15.7 Å². The lowest BCUT2D eigenvalue weighted by Crippen LogP contribution is -2.60. The number of aliphatic carboxylic acids is 1. The highest BCUT2D eigenvalue weighted by Crippen LogP contribution is 2.39. The average molecular weight is 536 g/mol. The number of alkyl halides is 1. The molecule has 1 aromatic heterocycles. The van der Waals surface area contributed by atoms with E-state index in [1.54, 1.807) is 0 Å². The number of aromatic nitrogens is 1. The summed E-state index contributed by atoms with van der Waals surface area (Å²) in [7, 11) is 1.19. The third-order valence-electron chi connectivity index (χ3n) is 4.72. The number of amides is 3. The molecule has 2 atom stereocenters. The van der Waals surface area contributed by atoms with Crippen molar-refractivity contribution >= 4 is 75.2 Å². The molecule has 1 aromatic rings. The number of cyclic esters (lactones) is 1. The first-order valence-corrected chi connectivity index (χ1v) is 12.0. The SMILES string of the molecule is CO/N=C(\C(=O)NC1(SC)CON(C2(C(=O)O)CCC(=O)O2)C1=O)c1csc(NC(=O)CCl)n1. The minimum atomic E-state index is -2.34. The second-order valence-electron chi connectivity index (χ2n) is 6.76. The molecular formula is C17H18ClN5O9S2. The average Bonchev–Trinajstić information content (AvgIpc) is 3.51. The number of thiazole rings is 1. The minimum absolute atomic E-state index is 0.0282. The predicted molar refractivity (Wildman–Crippen MR) is 118 cm³/mol. The van der Waals surface area contributed by atoms with Crippen molar-refractivity contribution < 1.29 is 43.5 Å². The largest absolute Gasteiger partial charge is 0.477 e. The lowest BCUT2D eigenvalue weighted by atomic mass is 10.1. The molecular weight excluding hydrogens is 518 g/mol. The number of carbonyl (C=O) groups excluding carboxylic acids is 4. The summed E-state index contributed by atoms with van der Waals surface area (Å²) in [6.07, 6.45) is 0.946. The number of carboxylic acids is 1. The van der Waals surface area contributed by atoms with Gasteiger partial charge in [0.25, 0.3) is 11.8 Å². The van der Waals surface area contributed by atoms with Crippen LogP contribution in [0.5, 0.6) is 0 Å². The summed E-state index contributed by atoms with van der Waals surface area (Å²) < 4.78 is 4.93. The van der Waals surface area contributed by atoms with E-state index in [2.05, 4.69) is 20.8 Å². The van der Waals surface area contributed by atoms with Crippen molar-refractivity contribution in [3.63, 3.8) is 0 Å². The van der Waals surface area contributed by atoms with E-state index in [0.717, 1.165) is 23.1 Å². The Balaban J connectivity index is 1.84. The Kier molecular flexibility index (Phi) is 7.64. The lowest BCUT2D eigenvalue weighted by molar-refractivity contribution is -0.256. The van der Waals surface area contributed by atoms with Crippen molar-refractivity contribution in [1.82, 2.24) is 15.4 Å². The first kappa shape index (κ1) is 25.7. The van der Waals surface area contributed by atoms with Crippen molar-refractivity contribution in [2.45, 2.75) is 23.4 Å². The molecule has 2 fully saturated rings. The number of oxime groups is 1. The standard InChI is InChI=1S/C17H18ClN5O9S2/c1-30-22-11(8-6-34-15(19-8)20-9(24)5-18)12(26)21-16(33-2)7-31-23(13(16)27)17(14(28)29)4-3-10(25)32-17/h6H,3-5,7H2,1-2H3,(H,21,26)(H,28,29)(H,19,20,24)/b22-11-. The summed E-state index contributed by atoms with van der Waals surface area (Å²) in [6.45, 7) is -0.459. The van der Waals surface area contributed by atoms with Gasteiger partial charge in [0.05, 0.1) is 6.42 Å². The number of hydrogen-bond acceptors (Lipinski definition) is 12. The normalized spacial score (nSPS) is 24.7.